The van der Waals surface area contributed by atoms with Crippen molar-refractivity contribution in [3.05, 3.63) is 59.2 Å². The average molecular weight is 370 g/mol. The van der Waals surface area contributed by atoms with Crippen LogP contribution in [-0.2, 0) is 11.2 Å². The van der Waals surface area contributed by atoms with Gasteiger partial charge in [0.15, 0.2) is 0 Å². The molecule has 0 bridgehead atoms. The number of nitrogens with one attached hydrogen (secondary N) is 2. The maximum Gasteiger partial charge on any atom is 0.228 e. The molecule has 2 aromatic carbocycles. The molecule has 0 aliphatic rings. The van der Waals surface area contributed by atoms with Gasteiger partial charge in [-0.25, -0.2) is 0 Å². The van der Waals surface area contributed by atoms with Crippen LogP contribution in [0.5, 0.6) is 0 Å². The second kappa shape index (κ2) is 8.11. The van der Waals surface area contributed by atoms with Crippen molar-refractivity contribution in [3.63, 3.8) is 0 Å². The molecular formula is C19H16ClN3OS. The molecule has 0 saturated heterocycles. The number of para-hydroxylation sites is 1. The van der Waals surface area contributed by atoms with Crippen LogP contribution in [0.25, 0.3) is 10.9 Å². The number of nitriles is 1. The lowest BCUT2D eigenvalue weighted by molar-refractivity contribution is -0.115. The predicted molar refractivity (Wildman–Crippen MR) is 103 cm³/mol. The molecule has 126 valence electrons. The molecular weight excluding hydrogens is 354 g/mol. The van der Waals surface area contributed by atoms with Crippen LogP contribution in [0.3, 0.4) is 0 Å². The summed E-state index contributed by atoms with van der Waals surface area (Å²) >= 11 is 7.60. The number of hydrogen-bond donors (Lipinski definition) is 2. The Morgan fingerprint density at radius 1 is 1.28 bits per heavy atom. The molecule has 3 aromatic rings. The van der Waals surface area contributed by atoms with Gasteiger partial charge in [0.1, 0.15) is 0 Å². The largest absolute Gasteiger partial charge is 0.361 e. The van der Waals surface area contributed by atoms with Crippen molar-refractivity contribution in [2.45, 2.75) is 17.7 Å². The van der Waals surface area contributed by atoms with E-state index in [9.17, 15) is 4.79 Å². The quantitative estimate of drug-likeness (QED) is 0.474. The van der Waals surface area contributed by atoms with Crippen molar-refractivity contribution >= 4 is 45.9 Å². The first-order chi connectivity index (χ1) is 12.2. The summed E-state index contributed by atoms with van der Waals surface area (Å²) in [5.74, 6) is 0.567. The number of aromatic nitrogens is 1. The maximum atomic E-state index is 12.5. The molecule has 1 amide bonds. The van der Waals surface area contributed by atoms with E-state index in [2.05, 4.69) is 16.4 Å². The van der Waals surface area contributed by atoms with E-state index in [0.717, 1.165) is 21.4 Å². The van der Waals surface area contributed by atoms with Crippen LogP contribution in [-0.4, -0.2) is 16.6 Å². The molecule has 25 heavy (non-hydrogen) atoms. The lowest BCUT2D eigenvalue weighted by Crippen LogP contribution is -2.14. The smallest absolute Gasteiger partial charge is 0.228 e. The number of carbonyl (C=O) groups is 1. The molecule has 0 unspecified atom stereocenters. The van der Waals surface area contributed by atoms with Gasteiger partial charge in [0.2, 0.25) is 5.91 Å². The zero-order valence-corrected chi connectivity index (χ0v) is 15.0. The second-order valence-corrected chi connectivity index (χ2v) is 7.05. The minimum atomic E-state index is -0.103. The Labute approximate surface area is 155 Å². The van der Waals surface area contributed by atoms with E-state index in [4.69, 9.17) is 16.9 Å². The third-order valence-electron chi connectivity index (χ3n) is 3.71. The van der Waals surface area contributed by atoms with Crippen molar-refractivity contribution in [2.24, 2.45) is 0 Å². The number of thioether (sulfide) groups is 1. The van der Waals surface area contributed by atoms with Crippen LogP contribution >= 0.6 is 23.4 Å². The Bertz CT molecular complexity index is 945. The summed E-state index contributed by atoms with van der Waals surface area (Å²) in [7, 11) is 0. The zero-order valence-electron chi connectivity index (χ0n) is 13.4. The SMILES string of the molecule is N#CCCSc1ccc(Cl)cc1NC(=O)Cc1c[nH]c2ccccc12. The fourth-order valence-corrected chi connectivity index (χ4v) is 3.59. The van der Waals surface area contributed by atoms with Gasteiger partial charge >= 0.3 is 0 Å². The second-order valence-electron chi connectivity index (χ2n) is 5.48. The molecule has 3 rings (SSSR count). The summed E-state index contributed by atoms with van der Waals surface area (Å²) in [6, 6.07) is 15.4. The van der Waals surface area contributed by atoms with Crippen LogP contribution in [0, 0.1) is 11.3 Å². The lowest BCUT2D eigenvalue weighted by Gasteiger charge is -2.11. The summed E-state index contributed by atoms with van der Waals surface area (Å²) in [4.78, 5) is 16.6. The van der Waals surface area contributed by atoms with Crippen molar-refractivity contribution in [2.75, 3.05) is 11.1 Å². The van der Waals surface area contributed by atoms with Crippen LogP contribution in [0.15, 0.2) is 53.6 Å². The summed E-state index contributed by atoms with van der Waals surface area (Å²) in [5, 5.41) is 13.2. The minimum Gasteiger partial charge on any atom is -0.361 e. The highest BCUT2D eigenvalue weighted by Crippen LogP contribution is 2.30. The van der Waals surface area contributed by atoms with Crippen molar-refractivity contribution < 1.29 is 4.79 Å². The number of benzene rings is 2. The zero-order chi connectivity index (χ0) is 17.6. The highest BCUT2D eigenvalue weighted by Gasteiger charge is 2.12. The van der Waals surface area contributed by atoms with E-state index < -0.39 is 0 Å². The monoisotopic (exact) mass is 369 g/mol. The molecule has 0 aliphatic heterocycles. The highest BCUT2D eigenvalue weighted by atomic mass is 35.5. The molecule has 0 spiro atoms. The Morgan fingerprint density at radius 3 is 2.96 bits per heavy atom. The van der Waals surface area contributed by atoms with Gasteiger partial charge in [0.25, 0.3) is 0 Å². The van der Waals surface area contributed by atoms with Crippen LogP contribution in [0.2, 0.25) is 5.02 Å². The number of aromatic amines is 1. The average Bonchev–Trinajstić information content (AvgIpc) is 3.00. The van der Waals surface area contributed by atoms with Gasteiger partial charge in [-0.3, -0.25) is 4.79 Å². The number of rotatable bonds is 6. The third-order valence-corrected chi connectivity index (χ3v) is 5.02. The van der Waals surface area contributed by atoms with Gasteiger partial charge in [-0.05, 0) is 29.8 Å². The Balaban J connectivity index is 1.74. The highest BCUT2D eigenvalue weighted by molar-refractivity contribution is 7.99. The minimum absolute atomic E-state index is 0.103. The van der Waals surface area contributed by atoms with Gasteiger partial charge in [0.05, 0.1) is 18.2 Å². The number of amides is 1. The molecule has 6 heteroatoms. The van der Waals surface area contributed by atoms with Gasteiger partial charge in [-0.2, -0.15) is 5.26 Å². The first kappa shape index (κ1) is 17.4. The molecule has 0 radical (unpaired) electrons. The van der Waals surface area contributed by atoms with Crippen molar-refractivity contribution in [3.8, 4) is 6.07 Å². The number of hydrogen-bond acceptors (Lipinski definition) is 3. The van der Waals surface area contributed by atoms with Gasteiger partial charge < -0.3 is 10.3 Å². The number of halogens is 1. The van der Waals surface area contributed by atoms with E-state index in [1.807, 2.05) is 36.5 Å². The molecule has 1 aromatic heterocycles. The van der Waals surface area contributed by atoms with E-state index in [0.29, 0.717) is 22.9 Å². The van der Waals surface area contributed by atoms with E-state index >= 15 is 0 Å². The number of nitrogens with zero attached hydrogens (tertiary/aromatic N) is 1. The first-order valence-corrected chi connectivity index (χ1v) is 9.18. The van der Waals surface area contributed by atoms with E-state index in [1.165, 1.54) is 11.8 Å². The summed E-state index contributed by atoms with van der Waals surface area (Å²) in [6.45, 7) is 0. The van der Waals surface area contributed by atoms with Crippen molar-refractivity contribution in [1.82, 2.24) is 4.98 Å². The summed E-state index contributed by atoms with van der Waals surface area (Å²) in [5.41, 5.74) is 2.65. The molecule has 0 fully saturated rings. The Hall–Kier alpha value is -2.42. The number of fused-ring (bicyclic) bond motifs is 1. The van der Waals surface area contributed by atoms with Crippen LogP contribution < -0.4 is 5.32 Å². The standard InChI is InChI=1S/C19H16ClN3OS/c20-14-6-7-18(25-9-3-8-21)17(11-14)23-19(24)10-13-12-22-16-5-2-1-4-15(13)16/h1-2,4-7,11-12,22H,3,9-10H2,(H,23,24). The summed E-state index contributed by atoms with van der Waals surface area (Å²) in [6.07, 6.45) is 2.60. The van der Waals surface area contributed by atoms with Gasteiger partial charge in [0, 0.05) is 39.2 Å². The van der Waals surface area contributed by atoms with Crippen molar-refractivity contribution in [1.29, 1.82) is 5.26 Å². The molecule has 0 aliphatic carbocycles. The van der Waals surface area contributed by atoms with Crippen LogP contribution in [0.4, 0.5) is 5.69 Å². The van der Waals surface area contributed by atoms with Gasteiger partial charge in [-0.1, -0.05) is 29.8 Å². The third kappa shape index (κ3) is 4.36. The number of H-pyrrole nitrogens is 1. The predicted octanol–water partition coefficient (Wildman–Crippen LogP) is 5.01. The van der Waals surface area contributed by atoms with Crippen LogP contribution in [0.1, 0.15) is 12.0 Å². The molecule has 4 nitrogen and oxygen atoms in total. The Morgan fingerprint density at radius 2 is 2.12 bits per heavy atom. The van der Waals surface area contributed by atoms with E-state index in [1.54, 1.807) is 12.1 Å². The van der Waals surface area contributed by atoms with E-state index in [-0.39, 0.29) is 12.3 Å². The first-order valence-electron chi connectivity index (χ1n) is 7.81. The molecule has 1 heterocycles. The lowest BCUT2D eigenvalue weighted by atomic mass is 10.1. The maximum absolute atomic E-state index is 12.5. The fourth-order valence-electron chi connectivity index (χ4n) is 2.58. The summed E-state index contributed by atoms with van der Waals surface area (Å²) < 4.78 is 0. The topological polar surface area (TPSA) is 68.7 Å². The number of carbonyl (C=O) groups excluding carboxylic acids is 1. The van der Waals surface area contributed by atoms with Gasteiger partial charge in [-0.15, -0.1) is 11.8 Å². The molecule has 0 saturated carbocycles. The molecule has 2 N–H and O–H groups in total. The Kier molecular flexibility index (Phi) is 5.64. The fraction of sp³-hybridized carbons (Fsp3) is 0.158. The number of anilines is 1. The molecule has 0 atom stereocenters. The normalized spacial score (nSPS) is 10.6.